The van der Waals surface area contributed by atoms with Crippen LogP contribution >= 0.6 is 12.4 Å². The van der Waals surface area contributed by atoms with Crippen molar-refractivity contribution in [1.82, 2.24) is 10.2 Å². The molecule has 6 heteroatoms. The van der Waals surface area contributed by atoms with E-state index in [1.165, 1.54) is 6.42 Å². The molecule has 1 aromatic carbocycles. The number of benzene rings is 1. The summed E-state index contributed by atoms with van der Waals surface area (Å²) in [6.07, 6.45) is 6.44. The second kappa shape index (κ2) is 8.68. The van der Waals surface area contributed by atoms with Gasteiger partial charge in [0.1, 0.15) is 0 Å². The second-order valence-corrected chi connectivity index (χ2v) is 7.13. The maximum atomic E-state index is 12.3. The smallest absolute Gasteiger partial charge is 0.240 e. The Morgan fingerprint density at radius 1 is 1.08 bits per heavy atom. The summed E-state index contributed by atoms with van der Waals surface area (Å²) in [7, 11) is 0. The largest absolute Gasteiger partial charge is 0.350 e. The third-order valence-corrected chi connectivity index (χ3v) is 5.22. The van der Waals surface area contributed by atoms with Gasteiger partial charge in [-0.25, -0.2) is 0 Å². The molecular weight excluding hydrogens is 338 g/mol. The van der Waals surface area contributed by atoms with E-state index in [1.807, 2.05) is 29.2 Å². The summed E-state index contributed by atoms with van der Waals surface area (Å²) in [5.41, 5.74) is 7.74. The maximum absolute atomic E-state index is 12.3. The Labute approximate surface area is 155 Å². The lowest BCUT2D eigenvalue weighted by Gasteiger charge is -2.31. The molecule has 1 aromatic rings. The standard InChI is InChI=1S/C19H27N3O2.ClH/c20-19(10-2-1-3-11-19)18(24)21-13-15-6-8-16(9-7-15)14-22-12-4-5-17(22)23;/h6-9H,1-5,10-14,20H2,(H,21,24);1H. The number of hydrogen-bond donors (Lipinski definition) is 2. The van der Waals surface area contributed by atoms with Gasteiger partial charge in [0, 0.05) is 26.1 Å². The van der Waals surface area contributed by atoms with Crippen LogP contribution in [0.2, 0.25) is 0 Å². The molecule has 1 saturated heterocycles. The van der Waals surface area contributed by atoms with Gasteiger partial charge in [0.25, 0.3) is 0 Å². The van der Waals surface area contributed by atoms with Gasteiger partial charge in [-0.2, -0.15) is 0 Å². The fourth-order valence-corrected chi connectivity index (χ4v) is 3.62. The number of carbonyl (C=O) groups excluding carboxylic acids is 2. The van der Waals surface area contributed by atoms with E-state index in [4.69, 9.17) is 5.73 Å². The molecule has 5 nitrogen and oxygen atoms in total. The molecular formula is C19H28ClN3O2. The van der Waals surface area contributed by atoms with Crippen LogP contribution in [-0.4, -0.2) is 28.8 Å². The van der Waals surface area contributed by atoms with Crippen LogP contribution < -0.4 is 11.1 Å². The lowest BCUT2D eigenvalue weighted by atomic mass is 9.82. The Hall–Kier alpha value is -1.59. The molecule has 1 aliphatic carbocycles. The number of nitrogens with zero attached hydrogens (tertiary/aromatic N) is 1. The molecule has 138 valence electrons. The quantitative estimate of drug-likeness (QED) is 0.841. The molecule has 2 aliphatic rings. The molecule has 0 aromatic heterocycles. The lowest BCUT2D eigenvalue weighted by molar-refractivity contribution is -0.128. The molecule has 1 saturated carbocycles. The van der Waals surface area contributed by atoms with Crippen molar-refractivity contribution >= 4 is 24.2 Å². The third-order valence-electron chi connectivity index (χ3n) is 5.22. The number of carbonyl (C=O) groups is 2. The van der Waals surface area contributed by atoms with Crippen molar-refractivity contribution in [2.45, 2.75) is 63.6 Å². The summed E-state index contributed by atoms with van der Waals surface area (Å²) >= 11 is 0. The van der Waals surface area contributed by atoms with E-state index in [-0.39, 0.29) is 24.2 Å². The summed E-state index contributed by atoms with van der Waals surface area (Å²) in [5, 5.41) is 2.98. The average Bonchev–Trinajstić information content (AvgIpc) is 2.99. The molecule has 0 bridgehead atoms. The SMILES string of the molecule is Cl.NC1(C(=O)NCc2ccc(CN3CCCC3=O)cc2)CCCCC1. The molecule has 2 amide bonds. The van der Waals surface area contributed by atoms with E-state index in [0.29, 0.717) is 19.5 Å². The van der Waals surface area contributed by atoms with Crippen LogP contribution in [0.25, 0.3) is 0 Å². The number of nitrogens with two attached hydrogens (primary N) is 1. The maximum Gasteiger partial charge on any atom is 0.240 e. The number of nitrogens with one attached hydrogen (secondary N) is 1. The number of amides is 2. The van der Waals surface area contributed by atoms with E-state index in [2.05, 4.69) is 5.32 Å². The second-order valence-electron chi connectivity index (χ2n) is 7.13. The predicted octanol–water partition coefficient (Wildman–Crippen LogP) is 2.51. The molecule has 0 radical (unpaired) electrons. The highest BCUT2D eigenvalue weighted by Crippen LogP contribution is 2.26. The van der Waals surface area contributed by atoms with Crippen LogP contribution in [0.3, 0.4) is 0 Å². The fraction of sp³-hybridized carbons (Fsp3) is 0.579. The first-order valence-corrected chi connectivity index (χ1v) is 9.00. The first-order chi connectivity index (χ1) is 11.6. The zero-order valence-corrected chi connectivity index (χ0v) is 15.4. The first kappa shape index (κ1) is 19.7. The highest BCUT2D eigenvalue weighted by molar-refractivity contribution is 5.86. The van der Waals surface area contributed by atoms with E-state index in [9.17, 15) is 9.59 Å². The van der Waals surface area contributed by atoms with Crippen molar-refractivity contribution in [3.63, 3.8) is 0 Å². The summed E-state index contributed by atoms with van der Waals surface area (Å²) < 4.78 is 0. The highest BCUT2D eigenvalue weighted by atomic mass is 35.5. The Kier molecular flexibility index (Phi) is 6.85. The summed E-state index contributed by atoms with van der Waals surface area (Å²) in [5.74, 6) is 0.209. The minimum atomic E-state index is -0.686. The summed E-state index contributed by atoms with van der Waals surface area (Å²) in [6, 6.07) is 8.10. The zero-order valence-electron chi connectivity index (χ0n) is 14.6. The van der Waals surface area contributed by atoms with Crippen LogP contribution in [-0.2, 0) is 22.7 Å². The Morgan fingerprint density at radius 2 is 1.72 bits per heavy atom. The molecule has 1 heterocycles. The predicted molar refractivity (Wildman–Crippen MR) is 100 cm³/mol. The topological polar surface area (TPSA) is 75.4 Å². The number of halogens is 1. The van der Waals surface area contributed by atoms with Gasteiger partial charge >= 0.3 is 0 Å². The number of likely N-dealkylation sites (tertiary alicyclic amines) is 1. The van der Waals surface area contributed by atoms with E-state index in [0.717, 1.165) is 49.8 Å². The van der Waals surface area contributed by atoms with Crippen molar-refractivity contribution in [1.29, 1.82) is 0 Å². The molecule has 0 atom stereocenters. The van der Waals surface area contributed by atoms with Gasteiger partial charge in [-0.05, 0) is 30.4 Å². The first-order valence-electron chi connectivity index (χ1n) is 9.00. The van der Waals surface area contributed by atoms with Gasteiger partial charge in [-0.3, -0.25) is 9.59 Å². The molecule has 2 fully saturated rings. The van der Waals surface area contributed by atoms with Crippen molar-refractivity contribution in [2.24, 2.45) is 5.73 Å². The molecule has 0 unspecified atom stereocenters. The summed E-state index contributed by atoms with van der Waals surface area (Å²) in [6.45, 7) is 2.04. The fourth-order valence-electron chi connectivity index (χ4n) is 3.62. The lowest BCUT2D eigenvalue weighted by Crippen LogP contribution is -2.54. The Balaban J connectivity index is 0.00000225. The van der Waals surface area contributed by atoms with Gasteiger partial charge in [0.05, 0.1) is 5.54 Å². The van der Waals surface area contributed by atoms with Gasteiger partial charge in [-0.15, -0.1) is 12.4 Å². The molecule has 3 rings (SSSR count). The van der Waals surface area contributed by atoms with Crippen LogP contribution in [0.4, 0.5) is 0 Å². The minimum absolute atomic E-state index is 0. The van der Waals surface area contributed by atoms with Crippen LogP contribution in [0.1, 0.15) is 56.1 Å². The molecule has 25 heavy (non-hydrogen) atoms. The molecule has 1 aliphatic heterocycles. The van der Waals surface area contributed by atoms with Crippen molar-refractivity contribution in [3.8, 4) is 0 Å². The Bertz CT molecular complexity index is 597. The zero-order chi connectivity index (χ0) is 17.0. The highest BCUT2D eigenvalue weighted by Gasteiger charge is 2.34. The van der Waals surface area contributed by atoms with Gasteiger partial charge in [-0.1, -0.05) is 43.5 Å². The van der Waals surface area contributed by atoms with Crippen LogP contribution in [0, 0.1) is 0 Å². The normalized spacial score (nSPS) is 19.4. The number of hydrogen-bond acceptors (Lipinski definition) is 3. The third kappa shape index (κ3) is 4.95. The van der Waals surface area contributed by atoms with Crippen LogP contribution in [0.15, 0.2) is 24.3 Å². The monoisotopic (exact) mass is 365 g/mol. The van der Waals surface area contributed by atoms with E-state index < -0.39 is 5.54 Å². The number of rotatable bonds is 5. The summed E-state index contributed by atoms with van der Waals surface area (Å²) in [4.78, 5) is 25.9. The Morgan fingerprint density at radius 3 is 2.32 bits per heavy atom. The van der Waals surface area contributed by atoms with Crippen LogP contribution in [0.5, 0.6) is 0 Å². The molecule has 0 spiro atoms. The van der Waals surface area contributed by atoms with Gasteiger partial charge in [0.2, 0.25) is 11.8 Å². The van der Waals surface area contributed by atoms with Crippen molar-refractivity contribution < 1.29 is 9.59 Å². The van der Waals surface area contributed by atoms with E-state index in [1.54, 1.807) is 0 Å². The minimum Gasteiger partial charge on any atom is -0.350 e. The van der Waals surface area contributed by atoms with Crippen molar-refractivity contribution in [3.05, 3.63) is 35.4 Å². The van der Waals surface area contributed by atoms with Crippen molar-refractivity contribution in [2.75, 3.05) is 6.54 Å². The molecule has 3 N–H and O–H groups in total. The van der Waals surface area contributed by atoms with E-state index >= 15 is 0 Å². The van der Waals surface area contributed by atoms with Gasteiger partial charge in [0.15, 0.2) is 0 Å². The average molecular weight is 366 g/mol. The van der Waals surface area contributed by atoms with Gasteiger partial charge < -0.3 is 16.0 Å².